The maximum atomic E-state index is 12.1. The minimum Gasteiger partial charge on any atom is -0.447 e. The molecule has 1 aromatic carbocycles. The quantitative estimate of drug-likeness (QED) is 0.561. The van der Waals surface area contributed by atoms with Gasteiger partial charge in [0.15, 0.2) is 0 Å². The third-order valence-corrected chi connectivity index (χ3v) is 6.40. The first-order chi connectivity index (χ1) is 14.8. The summed E-state index contributed by atoms with van der Waals surface area (Å²) in [5.74, 6) is 0.727. The van der Waals surface area contributed by atoms with Crippen molar-refractivity contribution >= 4 is 40.8 Å². The normalized spacial score (nSPS) is 18.0. The Hall–Kier alpha value is -2.75. The van der Waals surface area contributed by atoms with Crippen LogP contribution in [0.15, 0.2) is 36.5 Å². The van der Waals surface area contributed by atoms with Crippen molar-refractivity contribution in [3.8, 4) is 11.3 Å². The fourth-order valence-corrected chi connectivity index (χ4v) is 4.41. The molecule has 162 valence electrons. The van der Waals surface area contributed by atoms with E-state index in [0.29, 0.717) is 16.8 Å². The van der Waals surface area contributed by atoms with E-state index in [2.05, 4.69) is 15.3 Å². The van der Waals surface area contributed by atoms with Crippen LogP contribution < -0.4 is 10.2 Å². The summed E-state index contributed by atoms with van der Waals surface area (Å²) < 4.78 is 5.08. The molecular formula is C21H22ClN5O3S. The summed E-state index contributed by atoms with van der Waals surface area (Å²) in [5, 5.41) is 14.8. The number of cyclic esters (lactones) is 1. The van der Waals surface area contributed by atoms with Crippen LogP contribution in [0.5, 0.6) is 0 Å². The average Bonchev–Trinajstić information content (AvgIpc) is 3.32. The summed E-state index contributed by atoms with van der Waals surface area (Å²) in [6, 6.07) is 8.57. The van der Waals surface area contributed by atoms with Gasteiger partial charge in [-0.15, -0.1) is 11.3 Å². The van der Waals surface area contributed by atoms with Crippen molar-refractivity contribution < 1.29 is 14.6 Å². The number of aryl methyl sites for hydroxylation is 1. The van der Waals surface area contributed by atoms with Crippen LogP contribution in [-0.4, -0.2) is 44.9 Å². The van der Waals surface area contributed by atoms with Crippen LogP contribution in [0.2, 0.25) is 5.02 Å². The number of thiazole rings is 1. The molecule has 2 N–H and O–H groups in total. The predicted molar refractivity (Wildman–Crippen MR) is 121 cm³/mol. The molecule has 0 saturated carbocycles. The number of hydrogen-bond donors (Lipinski definition) is 2. The monoisotopic (exact) mass is 459 g/mol. The summed E-state index contributed by atoms with van der Waals surface area (Å²) in [7, 11) is 0. The van der Waals surface area contributed by atoms with Gasteiger partial charge >= 0.3 is 6.09 Å². The zero-order valence-corrected chi connectivity index (χ0v) is 18.8. The lowest BCUT2D eigenvalue weighted by Crippen LogP contribution is -2.41. The molecule has 10 heteroatoms. The Kier molecular flexibility index (Phi) is 6.08. The number of amides is 1. The van der Waals surface area contributed by atoms with Crippen molar-refractivity contribution in [3.05, 3.63) is 51.4 Å². The maximum Gasteiger partial charge on any atom is 0.416 e. The van der Waals surface area contributed by atoms with Crippen LogP contribution in [0.3, 0.4) is 0 Å². The standard InChI is InChI=1S/C21H22ClN5O3S/c1-11(19-26-18(13(3)31-19)14-4-6-15(22)7-5-14)24-20-23-9-8-17(25-20)27-16(12(2)28)10-30-21(27)29/h4-9,11-12,16,28H,10H2,1-3H3,(H,23,24,25)/t11-,12+,16+/m0/s1. The number of aromatic nitrogens is 3. The predicted octanol–water partition coefficient (Wildman–Crippen LogP) is 4.44. The second-order valence-corrected chi connectivity index (χ2v) is 8.99. The first-order valence-corrected chi connectivity index (χ1v) is 11.0. The zero-order chi connectivity index (χ0) is 22.1. The Morgan fingerprint density at radius 2 is 2.00 bits per heavy atom. The molecule has 1 aliphatic rings. The SMILES string of the molecule is Cc1sc([C@H](C)Nc2nccc(N3C(=O)OC[C@@H]3[C@@H](C)O)n2)nc1-c1ccc(Cl)cc1. The fourth-order valence-electron chi connectivity index (χ4n) is 3.34. The number of benzene rings is 1. The Bertz CT molecular complexity index is 1090. The molecule has 1 aliphatic heterocycles. The largest absolute Gasteiger partial charge is 0.447 e. The van der Waals surface area contributed by atoms with Gasteiger partial charge in [0.05, 0.1) is 17.8 Å². The number of anilines is 2. The van der Waals surface area contributed by atoms with Gasteiger partial charge < -0.3 is 15.2 Å². The summed E-state index contributed by atoms with van der Waals surface area (Å²) >= 11 is 7.59. The summed E-state index contributed by atoms with van der Waals surface area (Å²) in [6.45, 7) is 5.74. The molecule has 1 saturated heterocycles. The van der Waals surface area contributed by atoms with E-state index >= 15 is 0 Å². The number of rotatable bonds is 6. The molecule has 0 unspecified atom stereocenters. The number of nitrogens with one attached hydrogen (secondary N) is 1. The smallest absolute Gasteiger partial charge is 0.416 e. The lowest BCUT2D eigenvalue weighted by molar-refractivity contribution is 0.142. The molecule has 2 aromatic heterocycles. The first kappa shape index (κ1) is 21.5. The van der Waals surface area contributed by atoms with Gasteiger partial charge in [-0.2, -0.15) is 4.98 Å². The number of carbonyl (C=O) groups is 1. The average molecular weight is 460 g/mol. The van der Waals surface area contributed by atoms with Gasteiger partial charge in [0.25, 0.3) is 0 Å². The summed E-state index contributed by atoms with van der Waals surface area (Å²) in [5.41, 5.74) is 1.92. The van der Waals surface area contributed by atoms with Crippen LogP contribution in [0.1, 0.15) is 29.8 Å². The van der Waals surface area contributed by atoms with E-state index in [-0.39, 0.29) is 12.6 Å². The van der Waals surface area contributed by atoms with E-state index in [9.17, 15) is 9.90 Å². The lowest BCUT2D eigenvalue weighted by Gasteiger charge is -2.22. The van der Waals surface area contributed by atoms with Crippen LogP contribution in [0.4, 0.5) is 16.6 Å². The van der Waals surface area contributed by atoms with Crippen LogP contribution >= 0.6 is 22.9 Å². The van der Waals surface area contributed by atoms with Crippen molar-refractivity contribution in [2.45, 2.75) is 39.0 Å². The van der Waals surface area contributed by atoms with Crippen molar-refractivity contribution in [1.29, 1.82) is 0 Å². The fraction of sp³-hybridized carbons (Fsp3) is 0.333. The van der Waals surface area contributed by atoms with Crippen LogP contribution in [-0.2, 0) is 4.74 Å². The number of ether oxygens (including phenoxy) is 1. The van der Waals surface area contributed by atoms with Gasteiger partial charge in [0.2, 0.25) is 5.95 Å². The zero-order valence-electron chi connectivity index (χ0n) is 17.2. The van der Waals surface area contributed by atoms with Gasteiger partial charge in [-0.25, -0.2) is 14.8 Å². The molecule has 31 heavy (non-hydrogen) atoms. The second kappa shape index (κ2) is 8.78. The molecule has 1 amide bonds. The molecule has 3 aromatic rings. The molecule has 0 radical (unpaired) electrons. The molecule has 3 atom stereocenters. The first-order valence-electron chi connectivity index (χ1n) is 9.80. The van der Waals surface area contributed by atoms with E-state index in [0.717, 1.165) is 21.1 Å². The van der Waals surface area contributed by atoms with Gasteiger partial charge in [-0.05, 0) is 39.0 Å². The van der Waals surface area contributed by atoms with Crippen molar-refractivity contribution in [2.75, 3.05) is 16.8 Å². The third kappa shape index (κ3) is 4.48. The van der Waals surface area contributed by atoms with E-state index in [4.69, 9.17) is 21.3 Å². The number of nitrogens with zero attached hydrogens (tertiary/aromatic N) is 4. The Morgan fingerprint density at radius 3 is 2.71 bits per heavy atom. The lowest BCUT2D eigenvalue weighted by atomic mass is 10.1. The van der Waals surface area contributed by atoms with Crippen molar-refractivity contribution in [2.24, 2.45) is 0 Å². The van der Waals surface area contributed by atoms with E-state index in [1.54, 1.807) is 30.5 Å². The molecule has 1 fully saturated rings. The topological polar surface area (TPSA) is 100 Å². The maximum absolute atomic E-state index is 12.1. The van der Waals surface area contributed by atoms with Crippen LogP contribution in [0.25, 0.3) is 11.3 Å². The number of aliphatic hydroxyl groups excluding tert-OH is 1. The van der Waals surface area contributed by atoms with Crippen LogP contribution in [0, 0.1) is 6.92 Å². The van der Waals surface area contributed by atoms with Gasteiger partial charge in [0.1, 0.15) is 23.5 Å². The Labute approximate surface area is 188 Å². The van der Waals surface area contributed by atoms with Gasteiger partial charge in [0, 0.05) is 21.7 Å². The van der Waals surface area contributed by atoms with Gasteiger partial charge in [-0.3, -0.25) is 4.90 Å². The Balaban J connectivity index is 1.54. The highest BCUT2D eigenvalue weighted by atomic mass is 35.5. The highest BCUT2D eigenvalue weighted by Crippen LogP contribution is 2.32. The highest BCUT2D eigenvalue weighted by molar-refractivity contribution is 7.12. The molecule has 8 nitrogen and oxygen atoms in total. The number of halogens is 1. The summed E-state index contributed by atoms with van der Waals surface area (Å²) in [6.07, 6.45) is 0.280. The molecule has 0 bridgehead atoms. The van der Waals surface area contributed by atoms with Gasteiger partial charge in [-0.1, -0.05) is 23.7 Å². The molecular weight excluding hydrogens is 438 g/mol. The molecule has 0 spiro atoms. The summed E-state index contributed by atoms with van der Waals surface area (Å²) in [4.78, 5) is 28.1. The Morgan fingerprint density at radius 1 is 1.26 bits per heavy atom. The minimum absolute atomic E-state index is 0.117. The highest BCUT2D eigenvalue weighted by Gasteiger charge is 2.38. The second-order valence-electron chi connectivity index (χ2n) is 7.32. The number of hydrogen-bond acceptors (Lipinski definition) is 8. The minimum atomic E-state index is -0.749. The molecule has 3 heterocycles. The van der Waals surface area contributed by atoms with Crippen molar-refractivity contribution in [1.82, 2.24) is 15.0 Å². The molecule has 4 rings (SSSR count). The number of carbonyl (C=O) groups excluding carboxylic acids is 1. The van der Waals surface area contributed by atoms with E-state index in [1.165, 1.54) is 4.90 Å². The van der Waals surface area contributed by atoms with E-state index < -0.39 is 18.2 Å². The number of aliphatic hydroxyl groups is 1. The van der Waals surface area contributed by atoms with E-state index in [1.807, 2.05) is 38.1 Å². The van der Waals surface area contributed by atoms with Crippen molar-refractivity contribution in [3.63, 3.8) is 0 Å². The third-order valence-electron chi connectivity index (χ3n) is 5.00. The molecule has 0 aliphatic carbocycles.